The number of rotatable bonds is 8. The second-order valence-electron chi connectivity index (χ2n) is 7.49. The molecule has 0 N–H and O–H groups in total. The standard InChI is InChI=1S/C21H34N2O3.ClH/c1-5-21(3,4)18-8-10-19(11-9-18)26-17-7-12-22-13-15-23(16-14-22)20(24)25-6-2;/h8-11H,5-7,12-17H2,1-4H3;1H. The first kappa shape index (κ1) is 23.6. The van der Waals surface area contributed by atoms with Crippen LogP contribution in [0.4, 0.5) is 4.79 Å². The molecule has 0 radical (unpaired) electrons. The average molecular weight is 399 g/mol. The van der Waals surface area contributed by atoms with Crippen molar-refractivity contribution in [2.45, 2.75) is 46.0 Å². The minimum absolute atomic E-state index is 0. The van der Waals surface area contributed by atoms with Gasteiger partial charge < -0.3 is 14.4 Å². The zero-order valence-corrected chi connectivity index (χ0v) is 18.0. The zero-order valence-electron chi connectivity index (χ0n) is 17.2. The molecular weight excluding hydrogens is 364 g/mol. The minimum atomic E-state index is -0.190. The molecule has 1 saturated heterocycles. The van der Waals surface area contributed by atoms with E-state index in [4.69, 9.17) is 9.47 Å². The summed E-state index contributed by atoms with van der Waals surface area (Å²) < 4.78 is 10.9. The molecule has 1 aliphatic rings. The molecule has 5 nitrogen and oxygen atoms in total. The first-order valence-electron chi connectivity index (χ1n) is 9.83. The van der Waals surface area contributed by atoms with Gasteiger partial charge in [0.25, 0.3) is 0 Å². The molecule has 1 aromatic rings. The van der Waals surface area contributed by atoms with Crippen LogP contribution < -0.4 is 4.74 Å². The predicted molar refractivity (Wildman–Crippen MR) is 112 cm³/mol. The summed E-state index contributed by atoms with van der Waals surface area (Å²) in [6.07, 6.45) is 1.92. The largest absolute Gasteiger partial charge is 0.494 e. The second-order valence-corrected chi connectivity index (χ2v) is 7.49. The van der Waals surface area contributed by atoms with Gasteiger partial charge in [-0.25, -0.2) is 4.79 Å². The van der Waals surface area contributed by atoms with Crippen LogP contribution in [-0.2, 0) is 10.2 Å². The van der Waals surface area contributed by atoms with E-state index in [0.29, 0.717) is 13.2 Å². The van der Waals surface area contributed by atoms with E-state index in [9.17, 15) is 4.79 Å². The van der Waals surface area contributed by atoms with Crippen molar-refractivity contribution in [2.24, 2.45) is 0 Å². The molecule has 1 amide bonds. The number of piperazine rings is 1. The highest BCUT2D eigenvalue weighted by Crippen LogP contribution is 2.28. The minimum Gasteiger partial charge on any atom is -0.494 e. The highest BCUT2D eigenvalue weighted by atomic mass is 35.5. The van der Waals surface area contributed by atoms with Gasteiger partial charge in [-0.1, -0.05) is 32.9 Å². The maximum Gasteiger partial charge on any atom is 0.409 e. The SMILES string of the molecule is CCOC(=O)N1CCN(CCCOc2ccc(C(C)(C)CC)cc2)CC1.Cl. The average Bonchev–Trinajstić information content (AvgIpc) is 2.66. The van der Waals surface area contributed by atoms with Gasteiger partial charge in [0.1, 0.15) is 5.75 Å². The lowest BCUT2D eigenvalue weighted by molar-refractivity contribution is 0.0782. The van der Waals surface area contributed by atoms with Crippen molar-refractivity contribution in [1.29, 1.82) is 0 Å². The molecule has 27 heavy (non-hydrogen) atoms. The van der Waals surface area contributed by atoms with Crippen molar-refractivity contribution >= 4 is 18.5 Å². The molecule has 1 heterocycles. The van der Waals surface area contributed by atoms with Gasteiger partial charge in [0, 0.05) is 32.7 Å². The Labute approximate surface area is 170 Å². The number of nitrogens with zero attached hydrogens (tertiary/aromatic N) is 2. The van der Waals surface area contributed by atoms with Gasteiger partial charge in [0.2, 0.25) is 0 Å². The fraction of sp³-hybridized carbons (Fsp3) is 0.667. The Bertz CT molecular complexity index is 555. The van der Waals surface area contributed by atoms with E-state index in [1.165, 1.54) is 5.56 Å². The van der Waals surface area contributed by atoms with E-state index >= 15 is 0 Å². The lowest BCUT2D eigenvalue weighted by atomic mass is 9.82. The highest BCUT2D eigenvalue weighted by Gasteiger charge is 2.21. The van der Waals surface area contributed by atoms with E-state index in [1.54, 1.807) is 4.90 Å². The molecule has 0 bridgehead atoms. The summed E-state index contributed by atoms with van der Waals surface area (Å²) in [6.45, 7) is 14.0. The lowest BCUT2D eigenvalue weighted by Crippen LogP contribution is -2.49. The smallest absolute Gasteiger partial charge is 0.409 e. The lowest BCUT2D eigenvalue weighted by Gasteiger charge is -2.33. The topological polar surface area (TPSA) is 42.0 Å². The van der Waals surface area contributed by atoms with Gasteiger partial charge in [0.05, 0.1) is 13.2 Å². The Morgan fingerprint density at radius 2 is 1.70 bits per heavy atom. The molecule has 1 aliphatic heterocycles. The molecule has 2 rings (SSSR count). The number of carbonyl (C=O) groups is 1. The molecule has 0 unspecified atom stereocenters. The number of hydrogen-bond acceptors (Lipinski definition) is 4. The second kappa shape index (κ2) is 11.4. The summed E-state index contributed by atoms with van der Waals surface area (Å²) >= 11 is 0. The van der Waals surface area contributed by atoms with E-state index in [-0.39, 0.29) is 23.9 Å². The van der Waals surface area contributed by atoms with Gasteiger partial charge in [0.15, 0.2) is 0 Å². The fourth-order valence-electron chi connectivity index (χ4n) is 3.05. The molecule has 1 fully saturated rings. The van der Waals surface area contributed by atoms with Crippen molar-refractivity contribution in [2.75, 3.05) is 45.9 Å². The Morgan fingerprint density at radius 3 is 2.26 bits per heavy atom. The van der Waals surface area contributed by atoms with Crippen LogP contribution in [0.15, 0.2) is 24.3 Å². The molecule has 0 saturated carbocycles. The number of carbonyl (C=O) groups excluding carboxylic acids is 1. The fourth-order valence-corrected chi connectivity index (χ4v) is 3.05. The summed E-state index contributed by atoms with van der Waals surface area (Å²) in [4.78, 5) is 15.9. The molecule has 6 heteroatoms. The van der Waals surface area contributed by atoms with Crippen LogP contribution in [-0.4, -0.2) is 61.8 Å². The van der Waals surface area contributed by atoms with E-state index in [0.717, 1.165) is 51.3 Å². The van der Waals surface area contributed by atoms with Crippen molar-refractivity contribution in [3.63, 3.8) is 0 Å². The van der Waals surface area contributed by atoms with Crippen LogP contribution >= 0.6 is 12.4 Å². The molecule has 0 aromatic heterocycles. The van der Waals surface area contributed by atoms with Crippen LogP contribution in [0.25, 0.3) is 0 Å². The van der Waals surface area contributed by atoms with Gasteiger partial charge >= 0.3 is 6.09 Å². The van der Waals surface area contributed by atoms with Gasteiger partial charge in [-0.05, 0) is 42.9 Å². The normalized spacial score (nSPS) is 15.2. The van der Waals surface area contributed by atoms with Crippen LogP contribution in [0.1, 0.15) is 46.1 Å². The van der Waals surface area contributed by atoms with Crippen LogP contribution in [0.2, 0.25) is 0 Å². The Balaban J connectivity index is 0.00000364. The summed E-state index contributed by atoms with van der Waals surface area (Å²) in [5, 5.41) is 0. The third-order valence-electron chi connectivity index (χ3n) is 5.31. The highest BCUT2D eigenvalue weighted by molar-refractivity contribution is 5.85. The quantitative estimate of drug-likeness (QED) is 0.611. The predicted octanol–water partition coefficient (Wildman–Crippen LogP) is 4.34. The van der Waals surface area contributed by atoms with Crippen molar-refractivity contribution in [3.8, 4) is 5.75 Å². The maximum absolute atomic E-state index is 11.7. The van der Waals surface area contributed by atoms with Crippen LogP contribution in [0.5, 0.6) is 5.75 Å². The van der Waals surface area contributed by atoms with Crippen molar-refractivity contribution in [3.05, 3.63) is 29.8 Å². The third-order valence-corrected chi connectivity index (χ3v) is 5.31. The van der Waals surface area contributed by atoms with E-state index in [2.05, 4.69) is 49.9 Å². The number of hydrogen-bond donors (Lipinski definition) is 0. The summed E-state index contributed by atoms with van der Waals surface area (Å²) in [5.74, 6) is 0.938. The monoisotopic (exact) mass is 398 g/mol. The summed E-state index contributed by atoms with van der Waals surface area (Å²) in [5.41, 5.74) is 1.57. The number of benzene rings is 1. The Kier molecular flexibility index (Phi) is 9.95. The van der Waals surface area contributed by atoms with Gasteiger partial charge in [-0.3, -0.25) is 4.90 Å². The first-order valence-corrected chi connectivity index (χ1v) is 9.83. The Hall–Kier alpha value is -1.46. The maximum atomic E-state index is 11.7. The number of amides is 1. The molecule has 0 spiro atoms. The van der Waals surface area contributed by atoms with Crippen LogP contribution in [0.3, 0.4) is 0 Å². The van der Waals surface area contributed by atoms with Gasteiger partial charge in [-0.2, -0.15) is 0 Å². The third kappa shape index (κ3) is 7.23. The molecule has 154 valence electrons. The molecular formula is C21H35ClN2O3. The first-order chi connectivity index (χ1) is 12.5. The number of halogens is 1. The molecule has 0 atom stereocenters. The van der Waals surface area contributed by atoms with E-state index < -0.39 is 0 Å². The van der Waals surface area contributed by atoms with Gasteiger partial charge in [-0.15, -0.1) is 12.4 Å². The number of ether oxygens (including phenoxy) is 2. The summed E-state index contributed by atoms with van der Waals surface area (Å²) in [6, 6.07) is 8.50. The molecule has 0 aliphatic carbocycles. The summed E-state index contributed by atoms with van der Waals surface area (Å²) in [7, 11) is 0. The van der Waals surface area contributed by atoms with Crippen molar-refractivity contribution in [1.82, 2.24) is 9.80 Å². The molecule has 1 aromatic carbocycles. The Morgan fingerprint density at radius 1 is 1.07 bits per heavy atom. The van der Waals surface area contributed by atoms with Crippen molar-refractivity contribution < 1.29 is 14.3 Å². The zero-order chi connectivity index (χ0) is 19.0. The van der Waals surface area contributed by atoms with Crippen LogP contribution in [0, 0.1) is 0 Å². The van der Waals surface area contributed by atoms with E-state index in [1.807, 2.05) is 6.92 Å².